The lowest BCUT2D eigenvalue weighted by Gasteiger charge is -2.17. The maximum atomic E-state index is 5.84. The van der Waals surface area contributed by atoms with Crippen LogP contribution in [-0.2, 0) is 0 Å². The molecule has 1 heteroatoms. The van der Waals surface area contributed by atoms with E-state index in [2.05, 4.69) is 6.92 Å². The van der Waals surface area contributed by atoms with Crippen LogP contribution in [0.5, 0.6) is 0 Å². The molecule has 1 aliphatic rings. The molecule has 0 spiro atoms. The molecule has 1 aliphatic carbocycles. The van der Waals surface area contributed by atoms with Crippen LogP contribution in [0.4, 0.5) is 0 Å². The van der Waals surface area contributed by atoms with Crippen molar-refractivity contribution in [2.75, 3.05) is 0 Å². The van der Waals surface area contributed by atoms with Crippen molar-refractivity contribution >= 4 is 0 Å². The third-order valence-corrected chi connectivity index (χ3v) is 2.64. The van der Waals surface area contributed by atoms with Gasteiger partial charge in [0.1, 0.15) is 0 Å². The average molecular weight is 141 g/mol. The standard InChI is InChI=1S/C9H19N/c1-8(10)9-6-4-2-3-5-7-9/h8-9H,2-7,10H2,1H3. The minimum atomic E-state index is 0.429. The van der Waals surface area contributed by atoms with Gasteiger partial charge in [-0.3, -0.25) is 0 Å². The Labute approximate surface area is 64.0 Å². The second-order valence-corrected chi connectivity index (χ2v) is 3.61. The van der Waals surface area contributed by atoms with Crippen molar-refractivity contribution in [1.82, 2.24) is 0 Å². The molecule has 0 aromatic heterocycles. The molecule has 1 unspecified atom stereocenters. The highest BCUT2D eigenvalue weighted by molar-refractivity contribution is 4.71. The Hall–Kier alpha value is -0.0400. The Balaban J connectivity index is 2.28. The molecule has 0 saturated heterocycles. The minimum absolute atomic E-state index is 0.429. The third kappa shape index (κ3) is 2.30. The van der Waals surface area contributed by atoms with Crippen LogP contribution >= 0.6 is 0 Å². The molecule has 0 heterocycles. The van der Waals surface area contributed by atoms with Crippen molar-refractivity contribution in [2.24, 2.45) is 11.7 Å². The summed E-state index contributed by atoms with van der Waals surface area (Å²) in [7, 11) is 0. The molecule has 1 atom stereocenters. The van der Waals surface area contributed by atoms with E-state index in [9.17, 15) is 0 Å². The fraction of sp³-hybridized carbons (Fsp3) is 1.00. The van der Waals surface area contributed by atoms with Crippen molar-refractivity contribution in [2.45, 2.75) is 51.5 Å². The van der Waals surface area contributed by atoms with Gasteiger partial charge in [0, 0.05) is 6.04 Å². The first-order valence-corrected chi connectivity index (χ1v) is 4.56. The quantitative estimate of drug-likeness (QED) is 0.557. The lowest BCUT2D eigenvalue weighted by Crippen LogP contribution is -2.25. The molecular weight excluding hydrogens is 122 g/mol. The van der Waals surface area contributed by atoms with Crippen LogP contribution in [0, 0.1) is 5.92 Å². The SMILES string of the molecule is CC(N)C1CCCCCC1. The highest BCUT2D eigenvalue weighted by Gasteiger charge is 2.14. The molecular formula is C9H19N. The lowest BCUT2D eigenvalue weighted by molar-refractivity contribution is 0.393. The molecule has 1 rings (SSSR count). The van der Waals surface area contributed by atoms with Gasteiger partial charge in [-0.1, -0.05) is 25.7 Å². The highest BCUT2D eigenvalue weighted by atomic mass is 14.6. The summed E-state index contributed by atoms with van der Waals surface area (Å²) < 4.78 is 0. The molecule has 0 amide bonds. The number of hydrogen-bond acceptors (Lipinski definition) is 1. The van der Waals surface area contributed by atoms with Crippen LogP contribution in [0.15, 0.2) is 0 Å². The maximum absolute atomic E-state index is 5.84. The number of nitrogens with two attached hydrogens (primary N) is 1. The summed E-state index contributed by atoms with van der Waals surface area (Å²) in [6, 6.07) is 0.429. The molecule has 0 aromatic carbocycles. The molecule has 10 heavy (non-hydrogen) atoms. The van der Waals surface area contributed by atoms with Crippen molar-refractivity contribution in [3.63, 3.8) is 0 Å². The van der Waals surface area contributed by atoms with Gasteiger partial charge in [0.2, 0.25) is 0 Å². The molecule has 0 bridgehead atoms. The zero-order chi connectivity index (χ0) is 7.40. The van der Waals surface area contributed by atoms with Crippen LogP contribution < -0.4 is 5.73 Å². The third-order valence-electron chi connectivity index (χ3n) is 2.64. The van der Waals surface area contributed by atoms with Gasteiger partial charge in [0.05, 0.1) is 0 Å². The van der Waals surface area contributed by atoms with Crippen LogP contribution in [0.3, 0.4) is 0 Å². The normalized spacial score (nSPS) is 25.8. The minimum Gasteiger partial charge on any atom is -0.328 e. The van der Waals surface area contributed by atoms with E-state index < -0.39 is 0 Å². The topological polar surface area (TPSA) is 26.0 Å². The molecule has 60 valence electrons. The van der Waals surface area contributed by atoms with E-state index in [0.717, 1.165) is 5.92 Å². The van der Waals surface area contributed by atoms with Crippen LogP contribution in [0.2, 0.25) is 0 Å². The van der Waals surface area contributed by atoms with Crippen LogP contribution in [0.25, 0.3) is 0 Å². The van der Waals surface area contributed by atoms with Crippen molar-refractivity contribution in [3.05, 3.63) is 0 Å². The molecule has 0 aliphatic heterocycles. The van der Waals surface area contributed by atoms with Crippen LogP contribution in [0.1, 0.15) is 45.4 Å². The summed E-state index contributed by atoms with van der Waals surface area (Å²) in [6.45, 7) is 2.15. The van der Waals surface area contributed by atoms with Crippen molar-refractivity contribution < 1.29 is 0 Å². The van der Waals surface area contributed by atoms with E-state index >= 15 is 0 Å². The number of rotatable bonds is 1. The summed E-state index contributed by atoms with van der Waals surface area (Å²) >= 11 is 0. The summed E-state index contributed by atoms with van der Waals surface area (Å²) in [5, 5.41) is 0. The van der Waals surface area contributed by atoms with Gasteiger partial charge in [0.15, 0.2) is 0 Å². The van der Waals surface area contributed by atoms with Gasteiger partial charge in [-0.25, -0.2) is 0 Å². The summed E-state index contributed by atoms with van der Waals surface area (Å²) in [4.78, 5) is 0. The van der Waals surface area contributed by atoms with Gasteiger partial charge in [-0.05, 0) is 25.7 Å². The Morgan fingerprint density at radius 3 is 2.00 bits per heavy atom. The van der Waals surface area contributed by atoms with Gasteiger partial charge >= 0.3 is 0 Å². The summed E-state index contributed by atoms with van der Waals surface area (Å²) in [5.41, 5.74) is 5.84. The molecule has 1 nitrogen and oxygen atoms in total. The molecule has 0 radical (unpaired) electrons. The summed E-state index contributed by atoms with van der Waals surface area (Å²) in [5.74, 6) is 0.822. The van der Waals surface area contributed by atoms with Crippen molar-refractivity contribution in [1.29, 1.82) is 0 Å². The van der Waals surface area contributed by atoms with E-state index in [1.807, 2.05) is 0 Å². The predicted octanol–water partition coefficient (Wildman–Crippen LogP) is 2.30. The predicted molar refractivity (Wildman–Crippen MR) is 44.8 cm³/mol. The maximum Gasteiger partial charge on any atom is 0.00387 e. The first-order chi connectivity index (χ1) is 4.80. The Morgan fingerprint density at radius 1 is 1.10 bits per heavy atom. The van der Waals surface area contributed by atoms with E-state index in [1.54, 1.807) is 0 Å². The largest absolute Gasteiger partial charge is 0.328 e. The lowest BCUT2D eigenvalue weighted by atomic mass is 9.94. The molecule has 1 saturated carbocycles. The van der Waals surface area contributed by atoms with Crippen LogP contribution in [-0.4, -0.2) is 6.04 Å². The zero-order valence-corrected chi connectivity index (χ0v) is 6.97. The number of hydrogen-bond donors (Lipinski definition) is 1. The van der Waals surface area contributed by atoms with Gasteiger partial charge in [-0.2, -0.15) is 0 Å². The Kier molecular flexibility index (Phi) is 3.20. The summed E-state index contributed by atoms with van der Waals surface area (Å²) in [6.07, 6.45) is 8.43. The average Bonchev–Trinajstić information content (AvgIpc) is 2.12. The fourth-order valence-corrected chi connectivity index (χ4v) is 1.84. The Bertz CT molecular complexity index is 80.7. The Morgan fingerprint density at radius 2 is 1.60 bits per heavy atom. The smallest absolute Gasteiger partial charge is 0.00387 e. The van der Waals surface area contributed by atoms with E-state index in [1.165, 1.54) is 38.5 Å². The highest BCUT2D eigenvalue weighted by Crippen LogP contribution is 2.24. The second-order valence-electron chi connectivity index (χ2n) is 3.61. The van der Waals surface area contributed by atoms with Gasteiger partial charge in [-0.15, -0.1) is 0 Å². The molecule has 1 fully saturated rings. The van der Waals surface area contributed by atoms with Gasteiger partial charge < -0.3 is 5.73 Å². The molecule has 0 aromatic rings. The van der Waals surface area contributed by atoms with E-state index in [0.29, 0.717) is 6.04 Å². The van der Waals surface area contributed by atoms with E-state index in [-0.39, 0.29) is 0 Å². The second kappa shape index (κ2) is 3.97. The van der Waals surface area contributed by atoms with Crippen molar-refractivity contribution in [3.8, 4) is 0 Å². The fourth-order valence-electron chi connectivity index (χ4n) is 1.84. The first kappa shape index (κ1) is 8.06. The first-order valence-electron chi connectivity index (χ1n) is 4.56. The zero-order valence-electron chi connectivity index (χ0n) is 6.97. The van der Waals surface area contributed by atoms with Gasteiger partial charge in [0.25, 0.3) is 0 Å². The monoisotopic (exact) mass is 141 g/mol. The van der Waals surface area contributed by atoms with E-state index in [4.69, 9.17) is 5.73 Å². The molecule has 2 N–H and O–H groups in total.